The summed E-state index contributed by atoms with van der Waals surface area (Å²) in [5.41, 5.74) is 0. The molecule has 21 heavy (non-hydrogen) atoms. The molecular weight excluding hydrogens is 315 g/mol. The van der Waals surface area contributed by atoms with Crippen LogP contribution >= 0.6 is 23.2 Å². The highest BCUT2D eigenvalue weighted by atomic mass is 35.5. The Kier molecular flexibility index (Phi) is 5.31. The number of methoxy groups -OCH3 is 1. The van der Waals surface area contributed by atoms with Crippen LogP contribution in [0.3, 0.4) is 0 Å². The fraction of sp³-hybridized carbons (Fsp3) is 0.133. The highest BCUT2D eigenvalue weighted by molar-refractivity contribution is 6.35. The van der Waals surface area contributed by atoms with Crippen molar-refractivity contribution < 1.29 is 19.0 Å². The van der Waals surface area contributed by atoms with Crippen molar-refractivity contribution >= 4 is 29.2 Å². The van der Waals surface area contributed by atoms with Gasteiger partial charge in [0.2, 0.25) is 0 Å². The van der Waals surface area contributed by atoms with Gasteiger partial charge in [0.15, 0.2) is 18.1 Å². The first-order chi connectivity index (χ1) is 10.1. The monoisotopic (exact) mass is 326 g/mol. The van der Waals surface area contributed by atoms with Crippen LogP contribution < -0.4 is 14.2 Å². The summed E-state index contributed by atoms with van der Waals surface area (Å²) >= 11 is 11.7. The van der Waals surface area contributed by atoms with Gasteiger partial charge in [0.1, 0.15) is 5.75 Å². The van der Waals surface area contributed by atoms with E-state index >= 15 is 0 Å². The van der Waals surface area contributed by atoms with Crippen LogP contribution in [0.4, 0.5) is 0 Å². The SMILES string of the molecule is COc1ccccc1OC(=O)COc1ccc(Cl)cc1Cl. The van der Waals surface area contributed by atoms with Gasteiger partial charge in [0.25, 0.3) is 0 Å². The van der Waals surface area contributed by atoms with E-state index in [-0.39, 0.29) is 6.61 Å². The maximum Gasteiger partial charge on any atom is 0.349 e. The molecule has 0 saturated carbocycles. The zero-order valence-corrected chi connectivity index (χ0v) is 12.6. The maximum atomic E-state index is 11.8. The molecule has 0 saturated heterocycles. The van der Waals surface area contributed by atoms with Crippen molar-refractivity contribution in [3.63, 3.8) is 0 Å². The summed E-state index contributed by atoms with van der Waals surface area (Å²) in [5, 5.41) is 0.816. The molecule has 2 aromatic carbocycles. The molecule has 0 bridgehead atoms. The Bertz CT molecular complexity index is 643. The lowest BCUT2D eigenvalue weighted by molar-refractivity contribution is -0.136. The quantitative estimate of drug-likeness (QED) is 0.615. The fourth-order valence-corrected chi connectivity index (χ4v) is 2.05. The summed E-state index contributed by atoms with van der Waals surface area (Å²) < 4.78 is 15.5. The van der Waals surface area contributed by atoms with Gasteiger partial charge in [-0.25, -0.2) is 4.79 Å². The Morgan fingerprint density at radius 3 is 2.43 bits per heavy atom. The van der Waals surface area contributed by atoms with Crippen LogP contribution in [-0.4, -0.2) is 19.7 Å². The van der Waals surface area contributed by atoms with Crippen molar-refractivity contribution in [2.24, 2.45) is 0 Å². The van der Waals surface area contributed by atoms with Crippen molar-refractivity contribution in [1.82, 2.24) is 0 Å². The molecule has 0 heterocycles. The van der Waals surface area contributed by atoms with Crippen LogP contribution in [0.15, 0.2) is 42.5 Å². The molecule has 0 spiro atoms. The minimum atomic E-state index is -0.564. The molecule has 110 valence electrons. The predicted molar refractivity (Wildman–Crippen MR) is 80.6 cm³/mol. The molecule has 0 aliphatic carbocycles. The molecule has 0 atom stereocenters. The highest BCUT2D eigenvalue weighted by Crippen LogP contribution is 2.28. The standard InChI is InChI=1S/C15H12Cl2O4/c1-19-13-4-2-3-5-14(13)21-15(18)9-20-12-7-6-10(16)8-11(12)17/h2-8H,9H2,1H3. The lowest BCUT2D eigenvalue weighted by atomic mass is 10.3. The third-order valence-corrected chi connectivity index (χ3v) is 3.06. The second-order valence-electron chi connectivity index (χ2n) is 3.99. The summed E-state index contributed by atoms with van der Waals surface area (Å²) in [4.78, 5) is 11.8. The zero-order valence-electron chi connectivity index (χ0n) is 11.1. The van der Waals surface area contributed by atoms with Crippen LogP contribution in [0.1, 0.15) is 0 Å². The second-order valence-corrected chi connectivity index (χ2v) is 4.83. The number of benzene rings is 2. The lowest BCUT2D eigenvalue weighted by Crippen LogP contribution is -2.18. The molecule has 4 nitrogen and oxygen atoms in total. The summed E-state index contributed by atoms with van der Waals surface area (Å²) in [5.74, 6) is 0.592. The first-order valence-corrected chi connectivity index (χ1v) is 6.77. The molecule has 0 radical (unpaired) electrons. The summed E-state index contributed by atoms with van der Waals surface area (Å²) in [6.07, 6.45) is 0. The number of halogens is 2. The number of rotatable bonds is 5. The second kappa shape index (κ2) is 7.20. The van der Waals surface area contributed by atoms with Crippen molar-refractivity contribution in [3.05, 3.63) is 52.5 Å². The number of hydrogen-bond donors (Lipinski definition) is 0. The van der Waals surface area contributed by atoms with Crippen molar-refractivity contribution in [1.29, 1.82) is 0 Å². The van der Waals surface area contributed by atoms with E-state index in [1.165, 1.54) is 13.2 Å². The number of ether oxygens (including phenoxy) is 3. The highest BCUT2D eigenvalue weighted by Gasteiger charge is 2.11. The van der Waals surface area contributed by atoms with E-state index in [4.69, 9.17) is 37.4 Å². The molecule has 0 unspecified atom stereocenters. The van der Waals surface area contributed by atoms with Gasteiger partial charge in [0.05, 0.1) is 12.1 Å². The topological polar surface area (TPSA) is 44.8 Å². The molecule has 0 N–H and O–H groups in total. The largest absolute Gasteiger partial charge is 0.493 e. The van der Waals surface area contributed by atoms with E-state index in [0.29, 0.717) is 27.3 Å². The number of para-hydroxylation sites is 2. The number of carbonyl (C=O) groups is 1. The molecular formula is C15H12Cl2O4. The van der Waals surface area contributed by atoms with E-state index in [1.54, 1.807) is 36.4 Å². The number of carbonyl (C=O) groups excluding carboxylic acids is 1. The van der Waals surface area contributed by atoms with Gasteiger partial charge in [-0.2, -0.15) is 0 Å². The van der Waals surface area contributed by atoms with E-state index in [0.717, 1.165) is 0 Å². The third kappa shape index (κ3) is 4.28. The zero-order chi connectivity index (χ0) is 15.2. The summed E-state index contributed by atoms with van der Waals surface area (Å²) in [6, 6.07) is 11.6. The van der Waals surface area contributed by atoms with Crippen LogP contribution in [0.25, 0.3) is 0 Å². The van der Waals surface area contributed by atoms with Crippen LogP contribution in [0.2, 0.25) is 10.0 Å². The Morgan fingerprint density at radius 1 is 1.05 bits per heavy atom. The van der Waals surface area contributed by atoms with Crippen LogP contribution in [0, 0.1) is 0 Å². The third-order valence-electron chi connectivity index (χ3n) is 2.53. The molecule has 0 aliphatic rings. The first kappa shape index (κ1) is 15.5. The van der Waals surface area contributed by atoms with E-state index in [2.05, 4.69) is 0 Å². The summed E-state index contributed by atoms with van der Waals surface area (Å²) in [6.45, 7) is -0.278. The smallest absolute Gasteiger partial charge is 0.349 e. The van der Waals surface area contributed by atoms with Gasteiger partial charge in [0, 0.05) is 5.02 Å². The molecule has 0 amide bonds. The number of esters is 1. The lowest BCUT2D eigenvalue weighted by Gasteiger charge is -2.10. The average molecular weight is 327 g/mol. The van der Waals surface area contributed by atoms with Gasteiger partial charge in [-0.15, -0.1) is 0 Å². The van der Waals surface area contributed by atoms with Crippen LogP contribution in [-0.2, 0) is 4.79 Å². The van der Waals surface area contributed by atoms with E-state index in [1.807, 2.05) is 0 Å². The Morgan fingerprint density at radius 2 is 1.76 bits per heavy atom. The van der Waals surface area contributed by atoms with Crippen molar-refractivity contribution in [2.45, 2.75) is 0 Å². The minimum absolute atomic E-state index is 0.278. The van der Waals surface area contributed by atoms with Gasteiger partial charge >= 0.3 is 5.97 Å². The van der Waals surface area contributed by atoms with Crippen molar-refractivity contribution in [3.8, 4) is 17.2 Å². The average Bonchev–Trinajstić information content (AvgIpc) is 2.47. The molecule has 0 fully saturated rings. The predicted octanol–water partition coefficient (Wildman–Crippen LogP) is 3.99. The van der Waals surface area contributed by atoms with Gasteiger partial charge in [-0.05, 0) is 30.3 Å². The molecule has 0 aliphatic heterocycles. The van der Waals surface area contributed by atoms with Gasteiger partial charge < -0.3 is 14.2 Å². The summed E-state index contributed by atoms with van der Waals surface area (Å²) in [7, 11) is 1.50. The normalized spacial score (nSPS) is 10.0. The molecule has 0 aromatic heterocycles. The van der Waals surface area contributed by atoms with Crippen molar-refractivity contribution in [2.75, 3.05) is 13.7 Å². The van der Waals surface area contributed by atoms with E-state index in [9.17, 15) is 4.79 Å². The first-order valence-electron chi connectivity index (χ1n) is 6.01. The van der Waals surface area contributed by atoms with E-state index < -0.39 is 5.97 Å². The number of hydrogen-bond acceptors (Lipinski definition) is 4. The molecule has 2 aromatic rings. The Hall–Kier alpha value is -1.91. The molecule has 2 rings (SSSR count). The Labute approximate surface area is 132 Å². The molecule has 6 heteroatoms. The van der Waals surface area contributed by atoms with Gasteiger partial charge in [-0.1, -0.05) is 35.3 Å². The fourth-order valence-electron chi connectivity index (χ4n) is 1.58. The van der Waals surface area contributed by atoms with Gasteiger partial charge in [-0.3, -0.25) is 0 Å². The van der Waals surface area contributed by atoms with Crippen LogP contribution in [0.5, 0.6) is 17.2 Å². The minimum Gasteiger partial charge on any atom is -0.493 e. The maximum absolute atomic E-state index is 11.8. The Balaban J connectivity index is 1.96.